The van der Waals surface area contributed by atoms with Crippen LogP contribution in [0.4, 0.5) is 5.95 Å². The van der Waals surface area contributed by atoms with Gasteiger partial charge in [-0.05, 0) is 23.9 Å². The number of imidazole rings is 1. The van der Waals surface area contributed by atoms with Gasteiger partial charge < -0.3 is 24.8 Å². The van der Waals surface area contributed by atoms with Gasteiger partial charge in [0.25, 0.3) is 5.56 Å². The Morgan fingerprint density at radius 3 is 2.76 bits per heavy atom. The van der Waals surface area contributed by atoms with E-state index in [0.717, 1.165) is 10.9 Å². The van der Waals surface area contributed by atoms with Crippen LogP contribution in [0.1, 0.15) is 25.1 Å². The molecule has 1 aliphatic rings. The van der Waals surface area contributed by atoms with Crippen LogP contribution in [0, 0.1) is 0 Å². The van der Waals surface area contributed by atoms with Crippen LogP contribution in [0.15, 0.2) is 83.9 Å². The van der Waals surface area contributed by atoms with Gasteiger partial charge in [0.05, 0.1) is 19.0 Å². The number of anilines is 1. The Labute approximate surface area is 256 Å². The van der Waals surface area contributed by atoms with Gasteiger partial charge in [0.2, 0.25) is 5.95 Å². The molecular weight excluding hydrogens is 603 g/mol. The Morgan fingerprint density at radius 2 is 1.93 bits per heavy atom. The fraction of sp³-hybridized carbons (Fsp3) is 0.267. The van der Waals surface area contributed by atoms with Crippen molar-refractivity contribution < 1.29 is 33.0 Å². The summed E-state index contributed by atoms with van der Waals surface area (Å²) in [4.78, 5) is 35.7. The second kappa shape index (κ2) is 12.8. The average molecular weight is 635 g/mol. The Bertz CT molecular complexity index is 1930. The zero-order valence-corrected chi connectivity index (χ0v) is 25.0. The summed E-state index contributed by atoms with van der Waals surface area (Å²) in [6.45, 7) is 1.14. The first kappa shape index (κ1) is 30.4. The third kappa shape index (κ3) is 6.75. The van der Waals surface area contributed by atoms with E-state index in [0.29, 0.717) is 5.39 Å². The number of hydrogen-bond donors (Lipinski definition) is 4. The number of fused-ring (bicyclic) bond motifs is 2. The number of aromatic nitrogens is 4. The molecule has 234 valence electrons. The molecule has 6 rings (SSSR count). The van der Waals surface area contributed by atoms with Crippen molar-refractivity contribution in [3.05, 3.63) is 95.0 Å². The topological polar surface area (TPSA) is 193 Å². The van der Waals surface area contributed by atoms with Crippen LogP contribution in [-0.2, 0) is 30.0 Å². The number of nitrogens with zero attached hydrogens (tertiary/aromatic N) is 3. The van der Waals surface area contributed by atoms with Gasteiger partial charge in [0, 0.05) is 11.8 Å². The Morgan fingerprint density at radius 1 is 1.18 bits per heavy atom. The molecule has 15 heteroatoms. The van der Waals surface area contributed by atoms with Crippen LogP contribution in [0.25, 0.3) is 21.9 Å². The summed E-state index contributed by atoms with van der Waals surface area (Å²) >= 11 is 0. The van der Waals surface area contributed by atoms with Crippen LogP contribution < -0.4 is 20.9 Å². The van der Waals surface area contributed by atoms with E-state index in [2.05, 4.69) is 20.0 Å². The monoisotopic (exact) mass is 634 g/mol. The zero-order chi connectivity index (χ0) is 31.6. The Balaban J connectivity index is 1.19. The van der Waals surface area contributed by atoms with Gasteiger partial charge in [-0.15, -0.1) is 0 Å². The Hall–Kier alpha value is -4.59. The van der Waals surface area contributed by atoms with Crippen LogP contribution in [-0.4, -0.2) is 55.5 Å². The van der Waals surface area contributed by atoms with Gasteiger partial charge in [0.1, 0.15) is 30.7 Å². The molecule has 3 aromatic carbocycles. The molecule has 1 aliphatic heterocycles. The summed E-state index contributed by atoms with van der Waals surface area (Å²) in [7, 11) is -4.30. The molecule has 45 heavy (non-hydrogen) atoms. The highest BCUT2D eigenvalue weighted by molar-refractivity contribution is 7.52. The number of benzene rings is 3. The first-order valence-electron chi connectivity index (χ1n) is 14.2. The SMILES string of the molecule is C[C@H](NP(=O)(OC[C@H]1O[C@@H](n2cnc3c(=O)[nH]c(N)nc32)CC1O)Oc1cccc2ccccc12)C(=O)OCc1ccccc1. The summed E-state index contributed by atoms with van der Waals surface area (Å²) < 4.78 is 39.0. The minimum Gasteiger partial charge on any atom is -0.460 e. The van der Waals surface area contributed by atoms with E-state index in [4.69, 9.17) is 24.3 Å². The second-order valence-electron chi connectivity index (χ2n) is 10.5. The molecule has 2 unspecified atom stereocenters. The third-order valence-corrected chi connectivity index (χ3v) is 8.90. The number of aliphatic hydroxyl groups excluding tert-OH is 1. The lowest BCUT2D eigenvalue weighted by atomic mass is 10.1. The largest absolute Gasteiger partial charge is 0.460 e. The van der Waals surface area contributed by atoms with Crippen molar-refractivity contribution >= 4 is 41.6 Å². The highest BCUT2D eigenvalue weighted by Gasteiger charge is 2.40. The molecule has 5 atom stereocenters. The number of nitrogen functional groups attached to an aromatic ring is 1. The van der Waals surface area contributed by atoms with Crippen molar-refractivity contribution in [3.63, 3.8) is 0 Å². The fourth-order valence-corrected chi connectivity index (χ4v) is 6.52. The lowest BCUT2D eigenvalue weighted by Crippen LogP contribution is -2.36. The highest BCUT2D eigenvalue weighted by atomic mass is 31.2. The third-order valence-electron chi connectivity index (χ3n) is 7.27. The molecule has 0 radical (unpaired) electrons. The fourth-order valence-electron chi connectivity index (χ4n) is 5.00. The van der Waals surface area contributed by atoms with Gasteiger partial charge in [-0.1, -0.05) is 66.7 Å². The van der Waals surface area contributed by atoms with Crippen molar-refractivity contribution in [1.82, 2.24) is 24.6 Å². The van der Waals surface area contributed by atoms with E-state index in [9.17, 15) is 19.3 Å². The molecule has 0 saturated carbocycles. The van der Waals surface area contributed by atoms with Crippen LogP contribution in [0.3, 0.4) is 0 Å². The molecule has 2 aromatic heterocycles. The van der Waals surface area contributed by atoms with Crippen LogP contribution in [0.5, 0.6) is 5.75 Å². The first-order valence-corrected chi connectivity index (χ1v) is 15.7. The minimum absolute atomic E-state index is 0.0276. The molecular formula is C30H31N6O8P. The normalized spacial score (nSPS) is 20.2. The van der Waals surface area contributed by atoms with E-state index in [1.54, 1.807) is 12.1 Å². The van der Waals surface area contributed by atoms with E-state index >= 15 is 0 Å². The highest BCUT2D eigenvalue weighted by Crippen LogP contribution is 2.47. The molecule has 14 nitrogen and oxygen atoms in total. The summed E-state index contributed by atoms with van der Waals surface area (Å²) in [6.07, 6.45) is -1.32. The number of esters is 1. The minimum atomic E-state index is -4.30. The first-order chi connectivity index (χ1) is 21.7. The maximum absolute atomic E-state index is 14.3. The van der Waals surface area contributed by atoms with E-state index < -0.39 is 43.8 Å². The number of hydrogen-bond acceptors (Lipinski definition) is 11. The summed E-state index contributed by atoms with van der Waals surface area (Å²) in [5.74, 6) is -0.504. The maximum atomic E-state index is 14.3. The van der Waals surface area contributed by atoms with Crippen LogP contribution in [0.2, 0.25) is 0 Å². The number of carbonyl (C=O) groups is 1. The predicted octanol–water partition coefficient (Wildman–Crippen LogP) is 3.43. The predicted molar refractivity (Wildman–Crippen MR) is 164 cm³/mol. The number of rotatable bonds is 11. The zero-order valence-electron chi connectivity index (χ0n) is 24.1. The maximum Gasteiger partial charge on any atom is 0.459 e. The molecule has 0 spiro atoms. The molecule has 5 N–H and O–H groups in total. The summed E-state index contributed by atoms with van der Waals surface area (Å²) in [5.41, 5.74) is 6.23. The number of aliphatic hydroxyl groups is 1. The summed E-state index contributed by atoms with van der Waals surface area (Å²) in [5, 5.41) is 15.0. The van der Waals surface area contributed by atoms with E-state index in [-0.39, 0.29) is 42.5 Å². The number of ether oxygens (including phenoxy) is 2. The number of nitrogens with two attached hydrogens (primary N) is 1. The van der Waals surface area contributed by atoms with Gasteiger partial charge >= 0.3 is 13.7 Å². The second-order valence-corrected chi connectivity index (χ2v) is 12.2. The molecule has 3 heterocycles. The molecule has 0 bridgehead atoms. The quantitative estimate of drug-likeness (QED) is 0.122. The van der Waals surface area contributed by atoms with Crippen molar-refractivity contribution in [1.29, 1.82) is 0 Å². The number of aromatic amines is 1. The van der Waals surface area contributed by atoms with Crippen molar-refractivity contribution in [2.24, 2.45) is 0 Å². The molecule has 5 aromatic rings. The van der Waals surface area contributed by atoms with Crippen LogP contribution >= 0.6 is 7.75 Å². The van der Waals surface area contributed by atoms with Gasteiger partial charge in [0.15, 0.2) is 11.2 Å². The van der Waals surface area contributed by atoms with Crippen molar-refractivity contribution in [3.8, 4) is 5.75 Å². The van der Waals surface area contributed by atoms with Gasteiger partial charge in [-0.25, -0.2) is 9.55 Å². The molecule has 0 amide bonds. The Kier molecular flexibility index (Phi) is 8.65. The number of nitrogens with one attached hydrogen (secondary N) is 2. The van der Waals surface area contributed by atoms with E-state index in [1.165, 1.54) is 17.8 Å². The van der Waals surface area contributed by atoms with Crippen molar-refractivity contribution in [2.45, 2.75) is 44.4 Å². The smallest absolute Gasteiger partial charge is 0.459 e. The lowest BCUT2D eigenvalue weighted by Gasteiger charge is -2.25. The number of carbonyl (C=O) groups excluding carboxylic acids is 1. The number of H-pyrrole nitrogens is 1. The van der Waals surface area contributed by atoms with E-state index in [1.807, 2.05) is 60.7 Å². The van der Waals surface area contributed by atoms with Crippen molar-refractivity contribution in [2.75, 3.05) is 12.3 Å². The molecule has 0 aliphatic carbocycles. The standard InChI is InChI=1S/C30H31N6O8P/c1-18(29(39)41-15-19-8-3-2-4-9-19)35-45(40,44-23-13-7-11-20-10-5-6-12-21(20)23)42-16-24-22(37)14-25(43-24)36-17-32-26-27(36)33-30(31)34-28(26)38/h2-13,17-18,22,24-25,37H,14-16H2,1H3,(H,35,40)(H3,31,33,34,38)/t18-,22?,24+,25+,45?/m0/s1. The van der Waals surface area contributed by atoms with Gasteiger partial charge in [-0.3, -0.25) is 23.7 Å². The lowest BCUT2D eigenvalue weighted by molar-refractivity contribution is -0.146. The molecule has 1 saturated heterocycles. The molecule has 1 fully saturated rings. The average Bonchev–Trinajstić information content (AvgIpc) is 3.62. The summed E-state index contributed by atoms with van der Waals surface area (Å²) in [6, 6.07) is 20.7. The van der Waals surface area contributed by atoms with Gasteiger partial charge in [-0.2, -0.15) is 10.1 Å².